The molecule has 2 nitrogen and oxygen atoms in total. The van der Waals surface area contributed by atoms with E-state index in [1.807, 2.05) is 30.3 Å². The van der Waals surface area contributed by atoms with Crippen molar-refractivity contribution < 1.29 is 9.18 Å². The summed E-state index contributed by atoms with van der Waals surface area (Å²) in [5.74, 6) is -0.831. The molecule has 1 N–H and O–H groups in total. The number of hydrogen-bond donors (Lipinski definition) is 1. The van der Waals surface area contributed by atoms with Crippen LogP contribution in [0, 0.1) is 5.82 Å². The van der Waals surface area contributed by atoms with Gasteiger partial charge in [-0.05, 0) is 24.1 Å². The number of halogens is 2. The number of carbonyl (C=O) groups excluding carboxylic acids is 1. The SMILES string of the molecule is O=C(CCc1ccccc1)Nc1cccc(Cl)c1F. The van der Waals surface area contributed by atoms with E-state index in [2.05, 4.69) is 5.32 Å². The second-order valence-electron chi connectivity index (χ2n) is 4.14. The molecule has 0 atom stereocenters. The topological polar surface area (TPSA) is 29.1 Å². The van der Waals surface area contributed by atoms with Crippen molar-refractivity contribution >= 4 is 23.2 Å². The van der Waals surface area contributed by atoms with Gasteiger partial charge in [-0.25, -0.2) is 4.39 Å². The summed E-state index contributed by atoms with van der Waals surface area (Å²) in [6.45, 7) is 0. The lowest BCUT2D eigenvalue weighted by atomic mass is 10.1. The van der Waals surface area contributed by atoms with Crippen LogP contribution >= 0.6 is 11.6 Å². The van der Waals surface area contributed by atoms with Crippen molar-refractivity contribution in [1.29, 1.82) is 0 Å². The first-order valence-corrected chi connectivity index (χ1v) is 6.32. The fraction of sp³-hybridized carbons (Fsp3) is 0.133. The molecule has 0 fully saturated rings. The maximum atomic E-state index is 13.6. The lowest BCUT2D eigenvalue weighted by molar-refractivity contribution is -0.116. The van der Waals surface area contributed by atoms with Gasteiger partial charge in [-0.2, -0.15) is 0 Å². The number of nitrogens with one attached hydrogen (secondary N) is 1. The van der Waals surface area contributed by atoms with Gasteiger partial charge in [0.15, 0.2) is 5.82 Å². The van der Waals surface area contributed by atoms with E-state index in [1.54, 1.807) is 6.07 Å². The van der Waals surface area contributed by atoms with Gasteiger partial charge in [0.2, 0.25) is 5.91 Å². The number of hydrogen-bond acceptors (Lipinski definition) is 1. The van der Waals surface area contributed by atoms with Crippen LogP contribution in [-0.4, -0.2) is 5.91 Å². The van der Waals surface area contributed by atoms with Crippen LogP contribution in [0.25, 0.3) is 0 Å². The van der Waals surface area contributed by atoms with Crippen LogP contribution < -0.4 is 5.32 Å². The molecule has 2 aromatic rings. The first kappa shape index (κ1) is 13.6. The van der Waals surface area contributed by atoms with Gasteiger partial charge in [0.25, 0.3) is 0 Å². The monoisotopic (exact) mass is 277 g/mol. The Kier molecular flexibility index (Phi) is 4.53. The highest BCUT2D eigenvalue weighted by atomic mass is 35.5. The Labute approximate surface area is 116 Å². The summed E-state index contributed by atoms with van der Waals surface area (Å²) < 4.78 is 13.6. The smallest absolute Gasteiger partial charge is 0.224 e. The minimum Gasteiger partial charge on any atom is -0.324 e. The number of rotatable bonds is 4. The predicted molar refractivity (Wildman–Crippen MR) is 74.8 cm³/mol. The molecule has 0 aliphatic heterocycles. The largest absolute Gasteiger partial charge is 0.324 e. The predicted octanol–water partition coefficient (Wildman–Crippen LogP) is 4.05. The highest BCUT2D eigenvalue weighted by molar-refractivity contribution is 6.31. The Morgan fingerprint density at radius 3 is 2.58 bits per heavy atom. The van der Waals surface area contributed by atoms with E-state index < -0.39 is 5.82 Å². The highest BCUT2D eigenvalue weighted by Gasteiger charge is 2.09. The summed E-state index contributed by atoms with van der Waals surface area (Å²) in [6.07, 6.45) is 0.921. The van der Waals surface area contributed by atoms with Crippen molar-refractivity contribution in [2.24, 2.45) is 0 Å². The molecule has 0 saturated heterocycles. The maximum Gasteiger partial charge on any atom is 0.224 e. The van der Waals surface area contributed by atoms with Crippen molar-refractivity contribution in [3.8, 4) is 0 Å². The van der Waals surface area contributed by atoms with Gasteiger partial charge in [0.05, 0.1) is 10.7 Å². The molecule has 0 aliphatic rings. The Bertz CT molecular complexity index is 572. The fourth-order valence-corrected chi connectivity index (χ4v) is 1.89. The molecule has 0 aromatic heterocycles. The Balaban J connectivity index is 1.93. The van der Waals surface area contributed by atoms with E-state index >= 15 is 0 Å². The average Bonchev–Trinajstić information content (AvgIpc) is 2.43. The Morgan fingerprint density at radius 2 is 1.84 bits per heavy atom. The number of amides is 1. The molecule has 0 heterocycles. The minimum absolute atomic E-state index is 0.000796. The van der Waals surface area contributed by atoms with E-state index in [0.29, 0.717) is 12.8 Å². The summed E-state index contributed by atoms with van der Waals surface area (Å²) in [7, 11) is 0. The van der Waals surface area contributed by atoms with E-state index in [1.165, 1.54) is 12.1 Å². The van der Waals surface area contributed by atoms with E-state index in [0.717, 1.165) is 5.56 Å². The molecule has 19 heavy (non-hydrogen) atoms. The molecule has 1 amide bonds. The zero-order chi connectivity index (χ0) is 13.7. The quantitative estimate of drug-likeness (QED) is 0.897. The van der Waals surface area contributed by atoms with Crippen LogP contribution in [0.2, 0.25) is 5.02 Å². The van der Waals surface area contributed by atoms with Crippen LogP contribution in [0.1, 0.15) is 12.0 Å². The summed E-state index contributed by atoms with van der Waals surface area (Å²) in [6, 6.07) is 14.2. The number of benzene rings is 2. The number of aryl methyl sites for hydroxylation is 1. The van der Waals surface area contributed by atoms with Gasteiger partial charge >= 0.3 is 0 Å². The maximum absolute atomic E-state index is 13.6. The van der Waals surface area contributed by atoms with Crippen molar-refractivity contribution in [1.82, 2.24) is 0 Å². The molecule has 0 radical (unpaired) electrons. The van der Waals surface area contributed by atoms with Crippen LogP contribution in [0.3, 0.4) is 0 Å². The van der Waals surface area contributed by atoms with E-state index in [9.17, 15) is 9.18 Å². The normalized spacial score (nSPS) is 10.2. The third-order valence-electron chi connectivity index (χ3n) is 2.71. The van der Waals surface area contributed by atoms with E-state index in [4.69, 9.17) is 11.6 Å². The van der Waals surface area contributed by atoms with Crippen LogP contribution in [0.5, 0.6) is 0 Å². The molecule has 2 rings (SSSR count). The van der Waals surface area contributed by atoms with Gasteiger partial charge in [0, 0.05) is 6.42 Å². The first-order valence-electron chi connectivity index (χ1n) is 5.94. The van der Waals surface area contributed by atoms with Gasteiger partial charge < -0.3 is 5.32 Å². The van der Waals surface area contributed by atoms with Crippen molar-refractivity contribution in [2.75, 3.05) is 5.32 Å². The van der Waals surface area contributed by atoms with Crippen molar-refractivity contribution in [3.63, 3.8) is 0 Å². The van der Waals surface area contributed by atoms with Gasteiger partial charge in [-0.1, -0.05) is 48.0 Å². The Hall–Kier alpha value is -1.87. The molecular formula is C15H13ClFNO. The zero-order valence-corrected chi connectivity index (χ0v) is 11.0. The van der Waals surface area contributed by atoms with Crippen molar-refractivity contribution in [3.05, 3.63) is 64.9 Å². The summed E-state index contributed by atoms with van der Waals surface area (Å²) in [5.41, 5.74) is 1.19. The average molecular weight is 278 g/mol. The van der Waals surface area contributed by atoms with Gasteiger partial charge in [-0.3, -0.25) is 4.79 Å². The molecule has 0 unspecified atom stereocenters. The number of anilines is 1. The van der Waals surface area contributed by atoms with Crippen LogP contribution in [0.15, 0.2) is 48.5 Å². The highest BCUT2D eigenvalue weighted by Crippen LogP contribution is 2.22. The second-order valence-corrected chi connectivity index (χ2v) is 4.54. The molecule has 0 aliphatic carbocycles. The van der Waals surface area contributed by atoms with Gasteiger partial charge in [-0.15, -0.1) is 0 Å². The Morgan fingerprint density at radius 1 is 1.11 bits per heavy atom. The standard InChI is InChI=1S/C15H13ClFNO/c16-12-7-4-8-13(15(12)17)18-14(19)10-9-11-5-2-1-3-6-11/h1-8H,9-10H2,(H,18,19). The lowest BCUT2D eigenvalue weighted by Crippen LogP contribution is -2.13. The molecular weight excluding hydrogens is 265 g/mol. The minimum atomic E-state index is -0.600. The number of carbonyl (C=O) groups is 1. The molecule has 98 valence electrons. The first-order chi connectivity index (χ1) is 9.16. The molecule has 0 bridgehead atoms. The van der Waals surface area contributed by atoms with Crippen LogP contribution in [-0.2, 0) is 11.2 Å². The summed E-state index contributed by atoms with van der Waals surface area (Å²) in [4.78, 5) is 11.7. The van der Waals surface area contributed by atoms with Gasteiger partial charge in [0.1, 0.15) is 0 Å². The molecule has 4 heteroatoms. The third kappa shape index (κ3) is 3.80. The molecule has 0 spiro atoms. The lowest BCUT2D eigenvalue weighted by Gasteiger charge is -2.07. The zero-order valence-electron chi connectivity index (χ0n) is 10.2. The molecule has 2 aromatic carbocycles. The molecule has 0 saturated carbocycles. The fourth-order valence-electron chi connectivity index (χ4n) is 1.72. The third-order valence-corrected chi connectivity index (χ3v) is 3.00. The summed E-state index contributed by atoms with van der Waals surface area (Å²) >= 11 is 5.64. The van der Waals surface area contributed by atoms with Crippen molar-refractivity contribution in [2.45, 2.75) is 12.8 Å². The van der Waals surface area contributed by atoms with E-state index in [-0.39, 0.29) is 16.6 Å². The second kappa shape index (κ2) is 6.34. The summed E-state index contributed by atoms with van der Waals surface area (Å²) in [5, 5.41) is 2.52. The van der Waals surface area contributed by atoms with Crippen LogP contribution in [0.4, 0.5) is 10.1 Å².